The topological polar surface area (TPSA) is 67.4 Å². The Balaban J connectivity index is 1.71. The smallest absolute Gasteiger partial charge is 0.256 e. The van der Waals surface area contributed by atoms with Gasteiger partial charge in [0.05, 0.1) is 24.1 Å². The van der Waals surface area contributed by atoms with E-state index in [4.69, 9.17) is 16.3 Å². The summed E-state index contributed by atoms with van der Waals surface area (Å²) in [6, 6.07) is 12.6. The fourth-order valence-corrected chi connectivity index (χ4v) is 3.42. The zero-order valence-electron chi connectivity index (χ0n) is 14.3. The monoisotopic (exact) mass is 390 g/mol. The second-order valence-corrected chi connectivity index (χ2v) is 7.38. The van der Waals surface area contributed by atoms with Gasteiger partial charge < -0.3 is 15.4 Å². The number of ether oxygens (including phenoxy) is 1. The van der Waals surface area contributed by atoms with Crippen molar-refractivity contribution in [3.8, 4) is 5.75 Å². The molecular weight excluding hydrogens is 372 g/mol. The maximum absolute atomic E-state index is 12.7. The summed E-state index contributed by atoms with van der Waals surface area (Å²) < 4.78 is 5.26. The van der Waals surface area contributed by atoms with Crippen LogP contribution in [0.1, 0.15) is 23.2 Å². The predicted octanol–water partition coefficient (Wildman–Crippen LogP) is 3.97. The number of halogens is 1. The Morgan fingerprint density at radius 2 is 2.00 bits per heavy atom. The van der Waals surface area contributed by atoms with Crippen LogP contribution in [0.25, 0.3) is 0 Å². The van der Waals surface area contributed by atoms with Crippen LogP contribution in [0.15, 0.2) is 47.4 Å². The van der Waals surface area contributed by atoms with Gasteiger partial charge in [-0.15, -0.1) is 11.8 Å². The molecule has 5 nitrogen and oxygen atoms in total. The lowest BCUT2D eigenvalue weighted by molar-refractivity contribution is -0.118. The summed E-state index contributed by atoms with van der Waals surface area (Å²) in [4.78, 5) is 25.4. The van der Waals surface area contributed by atoms with Gasteiger partial charge in [0.2, 0.25) is 5.91 Å². The van der Waals surface area contributed by atoms with Crippen molar-refractivity contribution in [1.82, 2.24) is 5.32 Å². The van der Waals surface area contributed by atoms with Gasteiger partial charge in [0.1, 0.15) is 5.75 Å². The first-order valence-electron chi connectivity index (χ1n) is 8.23. The lowest BCUT2D eigenvalue weighted by atomic mass is 10.2. The first-order valence-corrected chi connectivity index (χ1v) is 9.59. The van der Waals surface area contributed by atoms with Crippen LogP contribution in [-0.4, -0.2) is 30.7 Å². The number of methoxy groups -OCH3 is 1. The molecule has 1 fully saturated rings. The molecule has 0 aromatic heterocycles. The molecule has 1 aliphatic carbocycles. The minimum absolute atomic E-state index is 0.00998. The highest BCUT2D eigenvalue weighted by Gasteiger charge is 2.23. The van der Waals surface area contributed by atoms with Crippen LogP contribution < -0.4 is 15.4 Å². The van der Waals surface area contributed by atoms with E-state index >= 15 is 0 Å². The lowest BCUT2D eigenvalue weighted by Crippen LogP contribution is -2.27. The van der Waals surface area contributed by atoms with Crippen molar-refractivity contribution in [3.05, 3.63) is 53.1 Å². The average molecular weight is 391 g/mol. The van der Waals surface area contributed by atoms with Gasteiger partial charge in [-0.3, -0.25) is 9.59 Å². The van der Waals surface area contributed by atoms with Gasteiger partial charge in [-0.2, -0.15) is 0 Å². The van der Waals surface area contributed by atoms with Crippen LogP contribution in [0.2, 0.25) is 5.02 Å². The molecule has 1 saturated carbocycles. The van der Waals surface area contributed by atoms with E-state index in [2.05, 4.69) is 10.6 Å². The summed E-state index contributed by atoms with van der Waals surface area (Å²) in [7, 11) is 1.53. The van der Waals surface area contributed by atoms with E-state index in [-0.39, 0.29) is 17.6 Å². The molecule has 2 aromatic carbocycles. The molecule has 0 spiro atoms. The van der Waals surface area contributed by atoms with E-state index < -0.39 is 0 Å². The van der Waals surface area contributed by atoms with E-state index in [1.165, 1.54) is 18.9 Å². The van der Waals surface area contributed by atoms with Crippen LogP contribution in [0.5, 0.6) is 5.75 Å². The Morgan fingerprint density at radius 3 is 2.73 bits per heavy atom. The largest absolute Gasteiger partial charge is 0.495 e. The normalized spacial score (nSPS) is 13.2. The number of rotatable bonds is 7. The Labute approximate surface area is 161 Å². The predicted molar refractivity (Wildman–Crippen MR) is 104 cm³/mol. The highest BCUT2D eigenvalue weighted by Crippen LogP contribution is 2.29. The number of hydrogen-bond acceptors (Lipinski definition) is 4. The number of nitrogens with one attached hydrogen (secondary N) is 2. The fraction of sp³-hybridized carbons (Fsp3) is 0.263. The summed E-state index contributed by atoms with van der Waals surface area (Å²) in [6.07, 6.45) is 2.10. The van der Waals surface area contributed by atoms with Gasteiger partial charge in [0.15, 0.2) is 0 Å². The third kappa shape index (κ3) is 4.93. The molecule has 2 amide bonds. The van der Waals surface area contributed by atoms with Crippen LogP contribution >= 0.6 is 23.4 Å². The van der Waals surface area contributed by atoms with Gasteiger partial charge in [0.25, 0.3) is 5.91 Å². The molecule has 0 atom stereocenters. The van der Waals surface area contributed by atoms with E-state index in [9.17, 15) is 9.59 Å². The Morgan fingerprint density at radius 1 is 1.23 bits per heavy atom. The van der Waals surface area contributed by atoms with Gasteiger partial charge in [0, 0.05) is 16.0 Å². The molecule has 7 heteroatoms. The molecule has 136 valence electrons. The summed E-state index contributed by atoms with van der Waals surface area (Å²) in [5.74, 6) is 0.513. The van der Waals surface area contributed by atoms with Gasteiger partial charge >= 0.3 is 0 Å². The standard InChI is InChI=1S/C19H19ClN2O3S/c1-25-16-9-6-12(20)10-15(16)22-19(24)14-4-2-3-5-17(14)26-11-18(23)21-13-7-8-13/h2-6,9-10,13H,7-8,11H2,1H3,(H,21,23)(H,22,24). The third-order valence-corrected chi connectivity index (χ3v) is 5.15. The van der Waals surface area contributed by atoms with Crippen LogP contribution in [-0.2, 0) is 4.79 Å². The third-order valence-electron chi connectivity index (χ3n) is 3.84. The SMILES string of the molecule is COc1ccc(Cl)cc1NC(=O)c1ccccc1SCC(=O)NC1CC1. The summed E-state index contributed by atoms with van der Waals surface area (Å²) >= 11 is 7.36. The van der Waals surface area contributed by atoms with Gasteiger partial charge in [-0.05, 0) is 43.2 Å². The first kappa shape index (κ1) is 18.6. The average Bonchev–Trinajstić information content (AvgIpc) is 3.44. The van der Waals surface area contributed by atoms with Crippen molar-refractivity contribution in [2.75, 3.05) is 18.2 Å². The summed E-state index contributed by atoms with van der Waals surface area (Å²) in [5.41, 5.74) is 0.995. The zero-order chi connectivity index (χ0) is 18.5. The van der Waals surface area contributed by atoms with Crippen molar-refractivity contribution in [2.45, 2.75) is 23.8 Å². The number of carbonyl (C=O) groups is 2. The molecule has 3 rings (SSSR count). The summed E-state index contributed by atoms with van der Waals surface area (Å²) in [6.45, 7) is 0. The minimum Gasteiger partial charge on any atom is -0.495 e. The number of carbonyl (C=O) groups excluding carboxylic acids is 2. The number of benzene rings is 2. The molecule has 1 aliphatic rings. The van der Waals surface area contributed by atoms with Crippen molar-refractivity contribution in [1.29, 1.82) is 0 Å². The number of thioether (sulfide) groups is 1. The van der Waals surface area contributed by atoms with Crippen molar-refractivity contribution < 1.29 is 14.3 Å². The lowest BCUT2D eigenvalue weighted by Gasteiger charge is -2.13. The molecule has 0 unspecified atom stereocenters. The number of hydrogen-bond donors (Lipinski definition) is 2. The number of amides is 2. The molecule has 0 radical (unpaired) electrons. The van der Waals surface area contributed by atoms with E-state index in [0.29, 0.717) is 28.1 Å². The molecule has 0 saturated heterocycles. The molecule has 26 heavy (non-hydrogen) atoms. The van der Waals surface area contributed by atoms with Crippen molar-refractivity contribution >= 4 is 40.9 Å². The fourth-order valence-electron chi connectivity index (χ4n) is 2.39. The van der Waals surface area contributed by atoms with E-state index in [1.807, 2.05) is 12.1 Å². The second kappa shape index (κ2) is 8.47. The molecular formula is C19H19ClN2O3S. The van der Waals surface area contributed by atoms with E-state index in [0.717, 1.165) is 17.7 Å². The molecule has 0 bridgehead atoms. The van der Waals surface area contributed by atoms with Gasteiger partial charge in [-0.25, -0.2) is 0 Å². The maximum Gasteiger partial charge on any atom is 0.256 e. The minimum atomic E-state index is -0.281. The quantitative estimate of drug-likeness (QED) is 0.702. The highest BCUT2D eigenvalue weighted by molar-refractivity contribution is 8.00. The second-order valence-electron chi connectivity index (χ2n) is 5.93. The zero-order valence-corrected chi connectivity index (χ0v) is 15.8. The van der Waals surface area contributed by atoms with Crippen LogP contribution in [0, 0.1) is 0 Å². The van der Waals surface area contributed by atoms with Crippen molar-refractivity contribution in [3.63, 3.8) is 0 Å². The van der Waals surface area contributed by atoms with E-state index in [1.54, 1.807) is 30.3 Å². The maximum atomic E-state index is 12.7. The Bertz CT molecular complexity index is 824. The van der Waals surface area contributed by atoms with Crippen molar-refractivity contribution in [2.24, 2.45) is 0 Å². The molecule has 0 heterocycles. The van der Waals surface area contributed by atoms with Gasteiger partial charge in [-0.1, -0.05) is 23.7 Å². The Kier molecular flexibility index (Phi) is 6.06. The highest BCUT2D eigenvalue weighted by atomic mass is 35.5. The molecule has 0 aliphatic heterocycles. The number of anilines is 1. The van der Waals surface area contributed by atoms with Crippen LogP contribution in [0.4, 0.5) is 5.69 Å². The Hall–Kier alpha value is -2.18. The molecule has 2 N–H and O–H groups in total. The summed E-state index contributed by atoms with van der Waals surface area (Å²) in [5, 5.41) is 6.27. The van der Waals surface area contributed by atoms with Crippen LogP contribution in [0.3, 0.4) is 0 Å². The molecule has 2 aromatic rings. The first-order chi connectivity index (χ1) is 12.6.